The number of hydrogen-bond acceptors (Lipinski definition) is 4. The molecular formula is C31H30O4Se. The molecule has 0 bridgehead atoms. The first-order valence-corrected chi connectivity index (χ1v) is 13.8. The average Bonchev–Trinajstić information content (AvgIpc) is 2.95. The van der Waals surface area contributed by atoms with Crippen molar-refractivity contribution < 1.29 is 19.4 Å². The molecule has 0 amide bonds. The van der Waals surface area contributed by atoms with Gasteiger partial charge in [-0.25, -0.2) is 0 Å². The maximum absolute atomic E-state index is 12.5. The van der Waals surface area contributed by atoms with Crippen LogP contribution in [0.4, 0.5) is 0 Å². The molecule has 4 nitrogen and oxygen atoms in total. The third kappa shape index (κ3) is 6.93. The van der Waals surface area contributed by atoms with Crippen LogP contribution in [-0.2, 0) is 14.3 Å². The third-order valence-electron chi connectivity index (χ3n) is 5.94. The minimum atomic E-state index is -0.886. The van der Waals surface area contributed by atoms with Gasteiger partial charge in [0.05, 0.1) is 0 Å². The topological polar surface area (TPSA) is 55.8 Å². The van der Waals surface area contributed by atoms with Crippen LogP contribution in [0.5, 0.6) is 0 Å². The van der Waals surface area contributed by atoms with E-state index < -0.39 is 18.3 Å². The summed E-state index contributed by atoms with van der Waals surface area (Å²) in [6.07, 6.45) is -1.74. The number of hydrogen-bond donors (Lipinski definition) is 1. The summed E-state index contributed by atoms with van der Waals surface area (Å²) in [5, 5.41) is 11.5. The zero-order chi connectivity index (χ0) is 25.2. The molecular weight excluding hydrogens is 515 g/mol. The van der Waals surface area contributed by atoms with Crippen molar-refractivity contribution in [3.8, 4) is 0 Å². The quantitative estimate of drug-likeness (QED) is 0.197. The van der Waals surface area contributed by atoms with Gasteiger partial charge in [-0.3, -0.25) is 0 Å². The van der Waals surface area contributed by atoms with Crippen molar-refractivity contribution in [3.05, 3.63) is 138 Å². The van der Waals surface area contributed by atoms with E-state index in [1.807, 2.05) is 109 Å². The molecule has 4 rings (SSSR count). The fraction of sp³-hybridized carbons (Fsp3) is 0.194. The average molecular weight is 546 g/mol. The number of carbonyl (C=O) groups excluding carboxylic acids is 1. The molecule has 4 atom stereocenters. The van der Waals surface area contributed by atoms with Gasteiger partial charge in [0.2, 0.25) is 0 Å². The molecule has 0 spiro atoms. The van der Waals surface area contributed by atoms with E-state index in [1.54, 1.807) is 0 Å². The van der Waals surface area contributed by atoms with Gasteiger partial charge in [-0.05, 0) is 0 Å². The van der Waals surface area contributed by atoms with Crippen molar-refractivity contribution in [1.82, 2.24) is 0 Å². The molecule has 1 N–H and O–H groups in total. The summed E-state index contributed by atoms with van der Waals surface area (Å²) < 4.78 is 13.1. The van der Waals surface area contributed by atoms with Gasteiger partial charge in [-0.2, -0.15) is 0 Å². The van der Waals surface area contributed by atoms with Crippen LogP contribution in [0, 0.1) is 0 Å². The molecule has 0 saturated heterocycles. The van der Waals surface area contributed by atoms with Crippen molar-refractivity contribution in [2.45, 2.75) is 29.5 Å². The van der Waals surface area contributed by atoms with Crippen molar-refractivity contribution in [2.75, 3.05) is 7.11 Å². The maximum atomic E-state index is 12.5. The van der Waals surface area contributed by atoms with Crippen molar-refractivity contribution in [2.24, 2.45) is 0 Å². The Hall–Kier alpha value is -3.21. The Balaban J connectivity index is 1.75. The summed E-state index contributed by atoms with van der Waals surface area (Å²) in [6, 6.07) is 39.5. The van der Waals surface area contributed by atoms with Crippen LogP contribution in [0.3, 0.4) is 0 Å². The summed E-state index contributed by atoms with van der Waals surface area (Å²) in [5.74, 6) is -0.276. The van der Waals surface area contributed by atoms with E-state index in [1.165, 1.54) is 11.6 Å². The Morgan fingerprint density at radius 1 is 0.694 bits per heavy atom. The Kier molecular flexibility index (Phi) is 9.48. The summed E-state index contributed by atoms with van der Waals surface area (Å²) in [4.78, 5) is 12.4. The van der Waals surface area contributed by atoms with Crippen LogP contribution < -0.4 is 4.46 Å². The first-order chi connectivity index (χ1) is 17.7. The number of ether oxygens (including phenoxy) is 2. The number of carbonyl (C=O) groups is 1. The molecule has 0 unspecified atom stereocenters. The van der Waals surface area contributed by atoms with E-state index in [-0.39, 0.29) is 32.2 Å². The fourth-order valence-corrected chi connectivity index (χ4v) is 6.69. The molecule has 36 heavy (non-hydrogen) atoms. The molecule has 0 radical (unpaired) electrons. The van der Waals surface area contributed by atoms with E-state index in [4.69, 9.17) is 9.47 Å². The second kappa shape index (κ2) is 13.2. The second-order valence-electron chi connectivity index (χ2n) is 8.40. The normalized spacial score (nSPS) is 14.4. The molecule has 0 aliphatic carbocycles. The number of aliphatic hydroxyl groups excluding tert-OH is 1. The predicted molar refractivity (Wildman–Crippen MR) is 143 cm³/mol. The van der Waals surface area contributed by atoms with Crippen molar-refractivity contribution in [1.29, 1.82) is 0 Å². The Morgan fingerprint density at radius 3 is 1.64 bits per heavy atom. The summed E-state index contributed by atoms with van der Waals surface area (Å²) in [7, 11) is 1.42. The third-order valence-corrected chi connectivity index (χ3v) is 8.59. The van der Waals surface area contributed by atoms with Crippen LogP contribution in [-0.4, -0.2) is 33.1 Å². The zero-order valence-electron chi connectivity index (χ0n) is 20.1. The molecule has 0 aliphatic heterocycles. The first-order valence-electron chi connectivity index (χ1n) is 11.9. The van der Waals surface area contributed by atoms with Crippen LogP contribution in [0.25, 0.3) is 0 Å². The fourth-order valence-electron chi connectivity index (χ4n) is 4.12. The zero-order valence-corrected chi connectivity index (χ0v) is 21.9. The van der Waals surface area contributed by atoms with E-state index in [0.29, 0.717) is 0 Å². The minimum absolute atomic E-state index is 0.0884. The molecule has 0 heterocycles. The van der Waals surface area contributed by atoms with E-state index in [9.17, 15) is 9.90 Å². The molecule has 4 aromatic carbocycles. The van der Waals surface area contributed by atoms with Crippen LogP contribution in [0.1, 0.15) is 41.4 Å². The Morgan fingerprint density at radius 2 is 1.14 bits per heavy atom. The molecule has 184 valence electrons. The number of methoxy groups -OCH3 is 1. The van der Waals surface area contributed by atoms with Gasteiger partial charge in [-0.15, -0.1) is 0 Å². The molecule has 0 aromatic heterocycles. The van der Waals surface area contributed by atoms with E-state index in [2.05, 4.69) is 12.1 Å². The van der Waals surface area contributed by atoms with Gasteiger partial charge in [-0.1, -0.05) is 0 Å². The summed E-state index contributed by atoms with van der Waals surface area (Å²) in [6.45, 7) is 0. The number of esters is 1. The molecule has 0 fully saturated rings. The predicted octanol–water partition coefficient (Wildman–Crippen LogP) is 5.60. The van der Waals surface area contributed by atoms with Crippen molar-refractivity contribution >= 4 is 25.4 Å². The van der Waals surface area contributed by atoms with Gasteiger partial charge >= 0.3 is 219 Å². The van der Waals surface area contributed by atoms with Crippen molar-refractivity contribution in [3.63, 3.8) is 0 Å². The molecule has 0 saturated carbocycles. The van der Waals surface area contributed by atoms with Crippen LogP contribution >= 0.6 is 0 Å². The van der Waals surface area contributed by atoms with E-state index >= 15 is 0 Å². The molecule has 5 heteroatoms. The standard InChI is InChI=1S/C31H30O4Se/c1-34-28(32)22-27(36-26-20-12-5-13-21-26)30(24-16-8-3-9-17-24)35-31(25-18-10-4-11-19-25)29(33)23-14-6-2-7-15-23/h2-21,27,29-31,33H,22H2,1H3/t27-,29+,30+,31+/m0/s1. The SMILES string of the molecule is COC(=O)C[C@H]([Se]c1ccccc1)[C@H](O[C@H](c1ccccc1)[C@H](O)c1ccccc1)c1ccccc1. The van der Waals surface area contributed by atoms with Crippen LogP contribution in [0.15, 0.2) is 121 Å². The molecule has 4 aromatic rings. The van der Waals surface area contributed by atoms with Gasteiger partial charge in [0.25, 0.3) is 0 Å². The van der Waals surface area contributed by atoms with Gasteiger partial charge < -0.3 is 0 Å². The summed E-state index contributed by atoms with van der Waals surface area (Å²) >= 11 is -0.0884. The van der Waals surface area contributed by atoms with E-state index in [0.717, 1.165) is 16.7 Å². The van der Waals surface area contributed by atoms with Gasteiger partial charge in [0.15, 0.2) is 0 Å². The monoisotopic (exact) mass is 546 g/mol. The Labute approximate surface area is 219 Å². The van der Waals surface area contributed by atoms with Gasteiger partial charge in [0.1, 0.15) is 0 Å². The van der Waals surface area contributed by atoms with Gasteiger partial charge in [0, 0.05) is 0 Å². The van der Waals surface area contributed by atoms with Crippen LogP contribution in [0.2, 0.25) is 4.82 Å². The summed E-state index contributed by atoms with van der Waals surface area (Å²) in [5.41, 5.74) is 2.61. The Bertz CT molecular complexity index is 1190. The first kappa shape index (κ1) is 25.9. The number of benzene rings is 4. The number of aliphatic hydroxyl groups is 1. The molecule has 0 aliphatic rings. The second-order valence-corrected chi connectivity index (χ2v) is 11.2. The number of rotatable bonds is 11.